The first-order valence-corrected chi connectivity index (χ1v) is 32.7. The molecule has 2 unspecified atom stereocenters. The third-order valence-electron chi connectivity index (χ3n) is 18.1. The lowest BCUT2D eigenvalue weighted by molar-refractivity contribution is -0.139. The molecule has 0 saturated carbocycles. The zero-order valence-corrected chi connectivity index (χ0v) is 54.6. The molecular formula is C74H82N10O11. The summed E-state index contributed by atoms with van der Waals surface area (Å²) in [7, 11) is 5.20. The number of amides is 7. The highest BCUT2D eigenvalue weighted by Crippen LogP contribution is 2.42. The van der Waals surface area contributed by atoms with Crippen LogP contribution in [0, 0.1) is 5.92 Å². The molecule has 21 heteroatoms. The fourth-order valence-electron chi connectivity index (χ4n) is 12.5. The maximum atomic E-state index is 14.2. The summed E-state index contributed by atoms with van der Waals surface area (Å²) in [6, 6.07) is 37.0. The second kappa shape index (κ2) is 30.3. The molecule has 21 nitrogen and oxygen atoms in total. The van der Waals surface area contributed by atoms with Gasteiger partial charge in [0, 0.05) is 113 Å². The van der Waals surface area contributed by atoms with E-state index in [0.717, 1.165) is 54.0 Å². The Kier molecular flexibility index (Phi) is 21.1. The van der Waals surface area contributed by atoms with E-state index in [4.69, 9.17) is 28.9 Å². The molecule has 0 radical (unpaired) electrons. The Bertz CT molecular complexity index is 3890. The number of fused-ring (bicyclic) bond motifs is 4. The van der Waals surface area contributed by atoms with Gasteiger partial charge in [-0.3, -0.25) is 48.4 Å². The maximum absolute atomic E-state index is 14.2. The van der Waals surface area contributed by atoms with Crippen molar-refractivity contribution in [3.8, 4) is 23.0 Å². The number of likely N-dealkylation sites (tertiary alicyclic amines) is 1. The lowest BCUT2D eigenvalue weighted by atomic mass is 9.99. The first kappa shape index (κ1) is 66.3. The van der Waals surface area contributed by atoms with Crippen molar-refractivity contribution in [1.82, 2.24) is 30.2 Å². The molecular weight excluding hydrogens is 1200 g/mol. The molecule has 0 spiro atoms. The number of hydrogen-bond acceptors (Lipinski definition) is 15. The predicted molar refractivity (Wildman–Crippen MR) is 365 cm³/mol. The number of methoxy groups -OCH3 is 2. The van der Waals surface area contributed by atoms with Crippen LogP contribution in [0.2, 0.25) is 0 Å². The van der Waals surface area contributed by atoms with Crippen molar-refractivity contribution in [1.29, 1.82) is 0 Å². The number of imide groups is 1. The number of benzene rings is 4. The third-order valence-corrected chi connectivity index (χ3v) is 18.1. The molecule has 7 amide bonds. The predicted octanol–water partition coefficient (Wildman–Crippen LogP) is 10.1. The van der Waals surface area contributed by atoms with Gasteiger partial charge in [0.25, 0.3) is 11.8 Å². The van der Waals surface area contributed by atoms with Gasteiger partial charge >= 0.3 is 0 Å². The van der Waals surface area contributed by atoms with Crippen LogP contribution in [0.25, 0.3) is 11.1 Å². The average molecular weight is 1290 g/mol. The molecule has 3 N–H and O–H groups in total. The molecule has 5 aromatic rings. The Morgan fingerprint density at radius 1 is 0.589 bits per heavy atom. The highest BCUT2D eigenvalue weighted by atomic mass is 16.5. The number of carbonyl (C=O) groups excluding carboxylic acids is 7. The number of nitrogens with zero attached hydrogens (tertiary/aromatic N) is 7. The third kappa shape index (κ3) is 15.6. The van der Waals surface area contributed by atoms with Gasteiger partial charge in [-0.15, -0.1) is 0 Å². The Balaban J connectivity index is 0.617. The molecule has 0 aromatic heterocycles. The molecule has 0 bridgehead atoms. The summed E-state index contributed by atoms with van der Waals surface area (Å²) in [4.78, 5) is 113. The molecule has 6 aliphatic rings. The molecule has 95 heavy (non-hydrogen) atoms. The van der Waals surface area contributed by atoms with E-state index in [-0.39, 0.29) is 80.1 Å². The van der Waals surface area contributed by atoms with Crippen molar-refractivity contribution >= 4 is 87.7 Å². The number of unbranched alkanes of at least 4 members (excludes halogenated alkanes) is 2. The van der Waals surface area contributed by atoms with Crippen molar-refractivity contribution in [3.05, 3.63) is 168 Å². The highest BCUT2D eigenvalue weighted by Gasteiger charge is 2.40. The molecule has 2 saturated heterocycles. The number of piperazine rings is 1. The van der Waals surface area contributed by atoms with Gasteiger partial charge in [0.15, 0.2) is 23.0 Å². The van der Waals surface area contributed by atoms with E-state index in [0.29, 0.717) is 89.7 Å². The Hall–Kier alpha value is -10.2. The monoisotopic (exact) mass is 1290 g/mol. The summed E-state index contributed by atoms with van der Waals surface area (Å²) in [5.41, 5.74) is 8.08. The van der Waals surface area contributed by atoms with Crippen LogP contribution in [0.4, 0.5) is 22.7 Å². The van der Waals surface area contributed by atoms with Gasteiger partial charge in [-0.1, -0.05) is 99.1 Å². The number of carbonyl (C=O) groups is 7. The SMILES string of the molecule is COc1cc2c(cc1OCCCOc1cc3c(cc1OC)C(=O)N1C=C(c4ccc(N5CCN(C)CC5)cc4)C[C@H]1C=N3)N=C[C@@H]1CC(c3ccc(NC(=O)[C@H](C)NC(=O)C(NC(=O)CCCCCN4C(=O)CC(c5ccccccccc5)C4=O)C(C)C)cc3)=CN1C2=O. The average Bonchev–Trinajstić information content (AvgIpc) is 1.69. The summed E-state index contributed by atoms with van der Waals surface area (Å²) in [6.45, 7) is 10.0. The van der Waals surface area contributed by atoms with Gasteiger partial charge in [0.1, 0.15) is 12.1 Å². The molecule has 11 rings (SSSR count). The van der Waals surface area contributed by atoms with Gasteiger partial charge in [-0.2, -0.15) is 0 Å². The number of rotatable bonds is 24. The summed E-state index contributed by atoms with van der Waals surface area (Å²) in [5.74, 6) is -1.30. The van der Waals surface area contributed by atoms with E-state index in [1.807, 2.05) is 99.2 Å². The van der Waals surface area contributed by atoms with Crippen LogP contribution < -0.4 is 39.8 Å². The Labute approximate surface area is 554 Å². The second-order valence-corrected chi connectivity index (χ2v) is 25.0. The minimum atomic E-state index is -0.940. The topological polar surface area (TPSA) is 233 Å². The summed E-state index contributed by atoms with van der Waals surface area (Å²) in [5, 5.41) is 8.44. The Morgan fingerprint density at radius 3 is 1.66 bits per heavy atom. The fourth-order valence-corrected chi connectivity index (χ4v) is 12.5. The zero-order chi connectivity index (χ0) is 66.7. The molecule has 6 aliphatic heterocycles. The van der Waals surface area contributed by atoms with E-state index in [2.05, 4.69) is 57.1 Å². The fraction of sp³-hybridized carbons (Fsp3) is 0.365. The molecule has 2 fully saturated rings. The van der Waals surface area contributed by atoms with Crippen LogP contribution in [0.3, 0.4) is 0 Å². The number of likely N-dealkylation sites (N-methyl/N-ethyl adjacent to an activating group) is 1. The van der Waals surface area contributed by atoms with E-state index >= 15 is 0 Å². The van der Waals surface area contributed by atoms with Gasteiger partial charge in [0.2, 0.25) is 29.5 Å². The molecule has 6 heterocycles. The lowest BCUT2D eigenvalue weighted by Gasteiger charge is -2.34. The molecule has 5 aromatic carbocycles. The number of anilines is 2. The van der Waals surface area contributed by atoms with Gasteiger partial charge in [-0.25, -0.2) is 0 Å². The number of hydrogen-bond donors (Lipinski definition) is 3. The quantitative estimate of drug-likeness (QED) is 0.0386. The van der Waals surface area contributed by atoms with Crippen LogP contribution in [-0.2, 0) is 24.0 Å². The van der Waals surface area contributed by atoms with Gasteiger partial charge < -0.3 is 54.5 Å². The van der Waals surface area contributed by atoms with E-state index in [1.54, 1.807) is 59.3 Å². The second-order valence-electron chi connectivity index (χ2n) is 25.0. The largest absolute Gasteiger partial charge is 0.493 e. The Morgan fingerprint density at radius 2 is 1.13 bits per heavy atom. The standard InChI is InChI=1S/C74H82N10O11/c1-47(2)69(79-67(85)20-15-12-16-29-82-68(86)40-58(72(82)89)51-18-13-10-8-7-9-11-14-19-51)71(88)77-48(3)70(87)78-54-25-21-49(22-26-54)52-36-56-43-75-61-41-65(63(92-5)38-59(61)73(90)83(56)45-52)94-34-17-35-95-66-42-62-60(39-64(66)93-6)74(91)84-46-53(37-57(84)44-76-62)50-23-27-55(28-24-50)81-32-30-80(4)31-33-81/h7-11,13-14,18-19,21-28,38-39,41-48,56-58,69H,12,15-17,20,29-37,40H2,1-6H3,(H,77,88)(H,78,87)(H,79,85)/t48-,56-,57-,58?,69?/m0/s1. The minimum Gasteiger partial charge on any atom is -0.493 e. The van der Waals surface area contributed by atoms with Crippen LogP contribution in [0.1, 0.15) is 115 Å². The molecule has 494 valence electrons. The van der Waals surface area contributed by atoms with Crippen molar-refractivity contribution in [2.75, 3.05) is 77.4 Å². The first-order valence-electron chi connectivity index (χ1n) is 32.7. The van der Waals surface area contributed by atoms with Crippen molar-refractivity contribution in [2.24, 2.45) is 15.9 Å². The first-order chi connectivity index (χ1) is 46.0. The van der Waals surface area contributed by atoms with Crippen LogP contribution in [-0.4, -0.2) is 165 Å². The van der Waals surface area contributed by atoms with E-state index in [9.17, 15) is 33.6 Å². The van der Waals surface area contributed by atoms with Gasteiger partial charge in [-0.05, 0) is 97.0 Å². The smallest absolute Gasteiger partial charge is 0.260 e. The summed E-state index contributed by atoms with van der Waals surface area (Å²) < 4.78 is 23.9. The van der Waals surface area contributed by atoms with Gasteiger partial charge in [0.05, 0.1) is 67.9 Å². The number of aliphatic imine (C=N–C) groups is 2. The number of nitrogens with one attached hydrogen (secondary N) is 3. The van der Waals surface area contributed by atoms with Crippen molar-refractivity contribution < 1.29 is 52.5 Å². The van der Waals surface area contributed by atoms with Crippen LogP contribution in [0.15, 0.2) is 150 Å². The molecule has 0 aliphatic carbocycles. The van der Waals surface area contributed by atoms with Crippen molar-refractivity contribution in [2.45, 2.75) is 102 Å². The van der Waals surface area contributed by atoms with Crippen molar-refractivity contribution in [3.63, 3.8) is 0 Å². The summed E-state index contributed by atoms with van der Waals surface area (Å²) in [6.07, 6.45) is 10.8. The lowest BCUT2D eigenvalue weighted by Crippen LogP contribution is -2.53. The highest BCUT2D eigenvalue weighted by molar-refractivity contribution is 6.08. The minimum absolute atomic E-state index is 0.115. The van der Waals surface area contributed by atoms with Crippen LogP contribution in [0.5, 0.6) is 23.0 Å². The van der Waals surface area contributed by atoms with E-state index < -0.39 is 29.8 Å². The van der Waals surface area contributed by atoms with E-state index in [1.165, 1.54) is 24.8 Å². The normalized spacial score (nSPS) is 18.7. The summed E-state index contributed by atoms with van der Waals surface area (Å²) >= 11 is 0. The molecule has 5 atom stereocenters. The number of ether oxygens (including phenoxy) is 4. The zero-order valence-electron chi connectivity index (χ0n) is 54.6. The van der Waals surface area contributed by atoms with Crippen LogP contribution >= 0.6 is 0 Å². The maximum Gasteiger partial charge on any atom is 0.260 e.